The molecule has 3 N–H and O–H groups in total. The minimum Gasteiger partial charge on any atom is -0.391 e. The van der Waals surface area contributed by atoms with Gasteiger partial charge < -0.3 is 20.6 Å². The van der Waals surface area contributed by atoms with Crippen molar-refractivity contribution in [3.8, 4) is 0 Å². The number of hydrogen-bond acceptors (Lipinski definition) is 4. The van der Waals surface area contributed by atoms with Crippen molar-refractivity contribution < 1.29 is 5.11 Å². The fourth-order valence-corrected chi connectivity index (χ4v) is 2.90. The van der Waals surface area contributed by atoms with Crippen molar-refractivity contribution in [1.82, 2.24) is 4.90 Å². The first-order valence-corrected chi connectivity index (χ1v) is 6.90. The molecule has 106 valence electrons. The number of nitrogens with zero attached hydrogens (tertiary/aromatic N) is 2. The summed E-state index contributed by atoms with van der Waals surface area (Å²) in [5.74, 6) is 0. The molecule has 0 radical (unpaired) electrons. The molecule has 2 unspecified atom stereocenters. The first-order valence-electron chi connectivity index (χ1n) is 6.90. The number of anilines is 1. The van der Waals surface area contributed by atoms with Crippen molar-refractivity contribution in [2.24, 2.45) is 5.73 Å². The van der Waals surface area contributed by atoms with Crippen molar-refractivity contribution in [2.45, 2.75) is 32.0 Å². The van der Waals surface area contributed by atoms with Crippen molar-refractivity contribution in [2.75, 3.05) is 32.1 Å². The van der Waals surface area contributed by atoms with E-state index in [0.717, 1.165) is 18.5 Å². The van der Waals surface area contributed by atoms with Crippen molar-refractivity contribution >= 4 is 5.69 Å². The molecule has 4 nitrogen and oxygen atoms in total. The summed E-state index contributed by atoms with van der Waals surface area (Å²) in [6, 6.07) is 6.74. The van der Waals surface area contributed by atoms with Gasteiger partial charge in [-0.2, -0.15) is 0 Å². The van der Waals surface area contributed by atoms with Crippen LogP contribution in [0.15, 0.2) is 18.2 Å². The van der Waals surface area contributed by atoms with Crippen LogP contribution in [0.5, 0.6) is 0 Å². The van der Waals surface area contributed by atoms with E-state index in [-0.39, 0.29) is 6.10 Å². The average molecular weight is 263 g/mol. The van der Waals surface area contributed by atoms with E-state index in [9.17, 15) is 5.11 Å². The molecule has 0 amide bonds. The zero-order valence-corrected chi connectivity index (χ0v) is 12.1. The highest BCUT2D eigenvalue weighted by atomic mass is 16.3. The Hall–Kier alpha value is -1.10. The predicted molar refractivity (Wildman–Crippen MR) is 79.4 cm³/mol. The van der Waals surface area contributed by atoms with Crippen LogP contribution in [0.1, 0.15) is 17.5 Å². The van der Waals surface area contributed by atoms with Crippen LogP contribution in [0.2, 0.25) is 0 Å². The lowest BCUT2D eigenvalue weighted by atomic mass is 10.1. The molecule has 0 aliphatic carbocycles. The minimum absolute atomic E-state index is 0.240. The summed E-state index contributed by atoms with van der Waals surface area (Å²) < 4.78 is 0. The number of aliphatic hydroxyl groups excluding tert-OH is 1. The number of hydrogen-bond donors (Lipinski definition) is 2. The van der Waals surface area contributed by atoms with Crippen LogP contribution in [-0.4, -0.2) is 49.3 Å². The monoisotopic (exact) mass is 263 g/mol. The zero-order chi connectivity index (χ0) is 14.0. The molecule has 1 aromatic rings. The van der Waals surface area contributed by atoms with E-state index in [0.29, 0.717) is 19.1 Å². The van der Waals surface area contributed by atoms with Gasteiger partial charge in [-0.15, -0.1) is 0 Å². The molecule has 2 atom stereocenters. The highest BCUT2D eigenvalue weighted by Gasteiger charge is 2.32. The van der Waals surface area contributed by atoms with Gasteiger partial charge in [-0.1, -0.05) is 12.1 Å². The summed E-state index contributed by atoms with van der Waals surface area (Å²) in [6.07, 6.45) is 0.590. The Morgan fingerprint density at radius 2 is 2.16 bits per heavy atom. The van der Waals surface area contributed by atoms with Gasteiger partial charge in [0.2, 0.25) is 0 Å². The number of rotatable bonds is 4. The van der Waals surface area contributed by atoms with Crippen molar-refractivity contribution in [3.05, 3.63) is 29.3 Å². The van der Waals surface area contributed by atoms with Gasteiger partial charge in [0.15, 0.2) is 0 Å². The predicted octanol–water partition coefficient (Wildman–Crippen LogP) is 0.955. The molecule has 2 rings (SSSR count). The van der Waals surface area contributed by atoms with Gasteiger partial charge in [0.25, 0.3) is 0 Å². The third kappa shape index (κ3) is 3.26. The van der Waals surface area contributed by atoms with E-state index in [1.807, 2.05) is 0 Å². The number of aryl methyl sites for hydroxylation is 1. The van der Waals surface area contributed by atoms with E-state index in [4.69, 9.17) is 5.73 Å². The van der Waals surface area contributed by atoms with Gasteiger partial charge >= 0.3 is 0 Å². The van der Waals surface area contributed by atoms with Crippen molar-refractivity contribution in [1.29, 1.82) is 0 Å². The van der Waals surface area contributed by atoms with Gasteiger partial charge in [-0.3, -0.25) is 0 Å². The minimum atomic E-state index is -0.240. The maximum Gasteiger partial charge on any atom is 0.0735 e. The number of β-amino-alcohol motifs (C(OH)–C–C–N with tert-alkyl or cyclic N) is 1. The number of nitrogens with two attached hydrogens (primary N) is 1. The molecule has 1 fully saturated rings. The SMILES string of the molecule is Cc1ccc(CN)c(N2CC(O)CC2CN(C)C)c1. The van der Waals surface area contributed by atoms with Gasteiger partial charge in [-0.25, -0.2) is 0 Å². The molecule has 1 heterocycles. The second kappa shape index (κ2) is 5.90. The maximum absolute atomic E-state index is 9.99. The maximum atomic E-state index is 9.99. The first-order chi connectivity index (χ1) is 9.01. The Morgan fingerprint density at radius 3 is 2.79 bits per heavy atom. The Balaban J connectivity index is 2.30. The van der Waals surface area contributed by atoms with Gasteiger partial charge in [0, 0.05) is 31.4 Å². The Morgan fingerprint density at radius 1 is 1.42 bits per heavy atom. The molecular weight excluding hydrogens is 238 g/mol. The summed E-state index contributed by atoms with van der Waals surface area (Å²) in [4.78, 5) is 4.49. The lowest BCUT2D eigenvalue weighted by molar-refractivity contribution is 0.191. The van der Waals surface area contributed by atoms with Crippen LogP contribution in [0.25, 0.3) is 0 Å². The number of likely N-dealkylation sites (N-methyl/N-ethyl adjacent to an activating group) is 1. The summed E-state index contributed by atoms with van der Waals surface area (Å²) >= 11 is 0. The molecule has 0 saturated carbocycles. The zero-order valence-electron chi connectivity index (χ0n) is 12.1. The number of aliphatic hydroxyl groups is 1. The molecule has 0 spiro atoms. The second-order valence-corrected chi connectivity index (χ2v) is 5.79. The standard InChI is InChI=1S/C15H25N3O/c1-11-4-5-12(8-16)15(6-11)18-10-14(19)7-13(18)9-17(2)3/h4-6,13-14,19H,7-10,16H2,1-3H3. The van der Waals surface area contributed by atoms with E-state index in [1.54, 1.807) is 0 Å². The van der Waals surface area contributed by atoms with Crippen LogP contribution in [0.4, 0.5) is 5.69 Å². The molecule has 1 aliphatic heterocycles. The fraction of sp³-hybridized carbons (Fsp3) is 0.600. The molecule has 1 saturated heterocycles. The molecule has 0 bridgehead atoms. The van der Waals surface area contributed by atoms with Crippen LogP contribution in [0.3, 0.4) is 0 Å². The topological polar surface area (TPSA) is 52.7 Å². The van der Waals surface area contributed by atoms with Crippen molar-refractivity contribution in [3.63, 3.8) is 0 Å². The molecule has 1 aliphatic rings. The average Bonchev–Trinajstić information content (AvgIpc) is 2.69. The first kappa shape index (κ1) is 14.3. The van der Waals surface area contributed by atoms with Crippen LogP contribution in [-0.2, 0) is 6.54 Å². The number of benzene rings is 1. The third-order valence-electron chi connectivity index (χ3n) is 3.74. The quantitative estimate of drug-likeness (QED) is 0.849. The van der Waals surface area contributed by atoms with E-state index in [2.05, 4.69) is 49.0 Å². The summed E-state index contributed by atoms with van der Waals surface area (Å²) in [5.41, 5.74) is 9.43. The van der Waals surface area contributed by atoms with Gasteiger partial charge in [0.05, 0.1) is 6.10 Å². The smallest absolute Gasteiger partial charge is 0.0735 e. The molecule has 4 heteroatoms. The van der Waals surface area contributed by atoms with E-state index >= 15 is 0 Å². The van der Waals surface area contributed by atoms with E-state index in [1.165, 1.54) is 11.3 Å². The largest absolute Gasteiger partial charge is 0.391 e. The second-order valence-electron chi connectivity index (χ2n) is 5.79. The normalized spacial score (nSPS) is 23.4. The van der Waals surface area contributed by atoms with Crippen LogP contribution in [0, 0.1) is 6.92 Å². The Labute approximate surface area is 115 Å². The highest BCUT2D eigenvalue weighted by molar-refractivity contribution is 5.57. The van der Waals surface area contributed by atoms with Gasteiger partial charge in [-0.05, 0) is 44.6 Å². The molecule has 0 aromatic heterocycles. The fourth-order valence-electron chi connectivity index (χ4n) is 2.90. The molecular formula is C15H25N3O. The Kier molecular flexibility index (Phi) is 4.45. The lowest BCUT2D eigenvalue weighted by Crippen LogP contribution is -2.38. The van der Waals surface area contributed by atoms with Crippen LogP contribution >= 0.6 is 0 Å². The molecule has 19 heavy (non-hydrogen) atoms. The summed E-state index contributed by atoms with van der Waals surface area (Å²) in [6.45, 7) is 4.29. The van der Waals surface area contributed by atoms with E-state index < -0.39 is 0 Å². The lowest BCUT2D eigenvalue weighted by Gasteiger charge is -2.30. The third-order valence-corrected chi connectivity index (χ3v) is 3.74. The Bertz CT molecular complexity index is 433. The summed E-state index contributed by atoms with van der Waals surface area (Å²) in [5, 5.41) is 9.99. The van der Waals surface area contributed by atoms with Crippen LogP contribution < -0.4 is 10.6 Å². The molecule has 1 aromatic carbocycles. The van der Waals surface area contributed by atoms with Gasteiger partial charge in [0.1, 0.15) is 0 Å². The summed E-state index contributed by atoms with van der Waals surface area (Å²) in [7, 11) is 4.14. The highest BCUT2D eigenvalue weighted by Crippen LogP contribution is 2.30.